The summed E-state index contributed by atoms with van der Waals surface area (Å²) < 4.78 is 18.5. The van der Waals surface area contributed by atoms with Gasteiger partial charge in [0, 0.05) is 11.6 Å². The fourth-order valence-electron chi connectivity index (χ4n) is 5.62. The molecule has 174 valence electrons. The summed E-state index contributed by atoms with van der Waals surface area (Å²) in [6.45, 7) is 2.27. The van der Waals surface area contributed by atoms with Crippen LogP contribution >= 0.6 is 11.8 Å². The summed E-state index contributed by atoms with van der Waals surface area (Å²) in [5.74, 6) is 5.07. The third-order valence-corrected chi connectivity index (χ3v) is 8.21. The van der Waals surface area contributed by atoms with Crippen LogP contribution in [0, 0.1) is 17.8 Å². The summed E-state index contributed by atoms with van der Waals surface area (Å²) >= 11 is 1.42. The van der Waals surface area contributed by atoms with Gasteiger partial charge in [-0.1, -0.05) is 18.2 Å². The Bertz CT molecular complexity index is 1130. The van der Waals surface area contributed by atoms with Gasteiger partial charge in [0.1, 0.15) is 0 Å². The Balaban J connectivity index is 1.39. The van der Waals surface area contributed by atoms with E-state index in [0.29, 0.717) is 28.7 Å². The number of carbonyl (C=O) groups is 1. The van der Waals surface area contributed by atoms with Crippen LogP contribution < -0.4 is 9.47 Å². The fourth-order valence-corrected chi connectivity index (χ4v) is 6.53. The zero-order valence-corrected chi connectivity index (χ0v) is 20.0. The monoisotopic (exact) mass is 467 g/mol. The Kier molecular flexibility index (Phi) is 6.19. The van der Waals surface area contributed by atoms with Crippen molar-refractivity contribution >= 4 is 17.5 Å². The minimum atomic E-state index is 0.00243. The minimum absolute atomic E-state index is 0.00243. The molecule has 2 heterocycles. The van der Waals surface area contributed by atoms with E-state index >= 15 is 0 Å². The smallest absolute Gasteiger partial charge is 0.200 e. The first kappa shape index (κ1) is 22.1. The predicted octanol–water partition coefficient (Wildman–Crippen LogP) is 5.53. The van der Waals surface area contributed by atoms with Crippen molar-refractivity contribution in [1.82, 2.24) is 14.8 Å². The lowest BCUT2D eigenvalue weighted by Gasteiger charge is -2.30. The molecule has 8 heteroatoms. The summed E-state index contributed by atoms with van der Waals surface area (Å²) in [5.41, 5.74) is 0.582. The topological polar surface area (TPSA) is 79.4 Å². The number of benzene rings is 1. The SMILES string of the molecule is COc1ccc(C(=O)CSc2nnc(-c3ccco3)n2C(C)C2CC3CCC2C3)cc1OC. The molecule has 0 saturated heterocycles. The number of fused-ring (bicyclic) bond motifs is 2. The van der Waals surface area contributed by atoms with Gasteiger partial charge in [0.25, 0.3) is 0 Å². The third-order valence-electron chi connectivity index (χ3n) is 7.26. The van der Waals surface area contributed by atoms with E-state index in [4.69, 9.17) is 13.9 Å². The maximum atomic E-state index is 13.0. The molecule has 0 N–H and O–H groups in total. The van der Waals surface area contributed by atoms with Crippen molar-refractivity contribution in [3.63, 3.8) is 0 Å². The number of nitrogens with zero attached hydrogens (tertiary/aromatic N) is 3. The maximum Gasteiger partial charge on any atom is 0.200 e. The largest absolute Gasteiger partial charge is 0.493 e. The summed E-state index contributed by atoms with van der Waals surface area (Å²) in [6, 6.07) is 9.26. The van der Waals surface area contributed by atoms with Gasteiger partial charge in [-0.15, -0.1) is 10.2 Å². The number of ether oxygens (including phenoxy) is 2. The Morgan fingerprint density at radius 1 is 1.18 bits per heavy atom. The number of carbonyl (C=O) groups excluding carboxylic acids is 1. The van der Waals surface area contributed by atoms with E-state index in [1.54, 1.807) is 38.7 Å². The lowest BCUT2D eigenvalue weighted by Crippen LogP contribution is -2.23. The van der Waals surface area contributed by atoms with Crippen molar-refractivity contribution in [3.8, 4) is 23.1 Å². The highest BCUT2D eigenvalue weighted by atomic mass is 32.2. The van der Waals surface area contributed by atoms with E-state index in [1.165, 1.54) is 37.4 Å². The normalized spacial score (nSPS) is 22.5. The molecule has 2 aromatic heterocycles. The highest BCUT2D eigenvalue weighted by Crippen LogP contribution is 2.53. The van der Waals surface area contributed by atoms with E-state index in [2.05, 4.69) is 21.7 Å². The van der Waals surface area contributed by atoms with Gasteiger partial charge in [-0.05, 0) is 74.3 Å². The van der Waals surface area contributed by atoms with Gasteiger partial charge >= 0.3 is 0 Å². The van der Waals surface area contributed by atoms with Crippen molar-refractivity contribution in [3.05, 3.63) is 42.2 Å². The van der Waals surface area contributed by atoms with E-state index in [0.717, 1.165) is 22.8 Å². The molecule has 2 bridgehead atoms. The van der Waals surface area contributed by atoms with Crippen molar-refractivity contribution in [2.45, 2.75) is 43.8 Å². The van der Waals surface area contributed by atoms with E-state index in [9.17, 15) is 4.79 Å². The minimum Gasteiger partial charge on any atom is -0.493 e. The van der Waals surface area contributed by atoms with Crippen molar-refractivity contribution in [1.29, 1.82) is 0 Å². The molecule has 2 fully saturated rings. The van der Waals surface area contributed by atoms with Gasteiger partial charge in [-0.25, -0.2) is 0 Å². The molecule has 5 rings (SSSR count). The number of methoxy groups -OCH3 is 2. The van der Waals surface area contributed by atoms with Crippen LogP contribution in [-0.4, -0.2) is 40.5 Å². The molecular weight excluding hydrogens is 438 g/mol. The Morgan fingerprint density at radius 2 is 2.03 bits per heavy atom. The molecule has 1 aromatic carbocycles. The summed E-state index contributed by atoms with van der Waals surface area (Å²) in [5, 5.41) is 9.69. The van der Waals surface area contributed by atoms with Crippen LogP contribution in [0.25, 0.3) is 11.6 Å². The molecule has 7 nitrogen and oxygen atoms in total. The molecule has 0 aliphatic heterocycles. The van der Waals surface area contributed by atoms with Crippen LogP contribution in [0.1, 0.15) is 49.0 Å². The quantitative estimate of drug-likeness (QED) is 0.302. The molecule has 0 radical (unpaired) electrons. The number of hydrogen-bond donors (Lipinski definition) is 0. The first-order valence-corrected chi connectivity index (χ1v) is 12.4. The molecule has 0 spiro atoms. The number of hydrogen-bond acceptors (Lipinski definition) is 7. The van der Waals surface area contributed by atoms with Gasteiger partial charge in [0.15, 0.2) is 28.2 Å². The third kappa shape index (κ3) is 4.16. The van der Waals surface area contributed by atoms with Crippen molar-refractivity contribution in [2.75, 3.05) is 20.0 Å². The number of aromatic nitrogens is 3. The molecule has 2 aliphatic rings. The summed E-state index contributed by atoms with van der Waals surface area (Å²) in [6.07, 6.45) is 6.94. The number of Topliss-reactive ketones (excluding diaryl/α,β-unsaturated/α-hetero) is 1. The van der Waals surface area contributed by atoms with Crippen molar-refractivity contribution in [2.24, 2.45) is 17.8 Å². The lowest BCUT2D eigenvalue weighted by molar-refractivity contribution is 0.102. The van der Waals surface area contributed by atoms with Gasteiger partial charge in [0.2, 0.25) is 5.82 Å². The molecule has 2 aliphatic carbocycles. The average molecular weight is 468 g/mol. The van der Waals surface area contributed by atoms with Gasteiger partial charge in [-0.3, -0.25) is 9.36 Å². The molecule has 0 amide bonds. The highest BCUT2D eigenvalue weighted by Gasteiger charge is 2.43. The van der Waals surface area contributed by atoms with Crippen LogP contribution in [0.5, 0.6) is 11.5 Å². The summed E-state index contributed by atoms with van der Waals surface area (Å²) in [7, 11) is 3.15. The Labute approximate surface area is 197 Å². The first-order valence-electron chi connectivity index (χ1n) is 11.5. The number of rotatable bonds is 9. The highest BCUT2D eigenvalue weighted by molar-refractivity contribution is 7.99. The standard InChI is InChI=1S/C25H29N3O4S/c1-15(19-12-16-6-7-17(19)11-16)28-24(22-5-4-10-32-22)26-27-25(28)33-14-20(29)18-8-9-21(30-2)23(13-18)31-3/h4-5,8-10,13,15-17,19H,6-7,11-12,14H2,1-3H3. The van der Waals surface area contributed by atoms with Crippen LogP contribution in [-0.2, 0) is 0 Å². The number of ketones is 1. The second kappa shape index (κ2) is 9.25. The van der Waals surface area contributed by atoms with Crippen LogP contribution in [0.15, 0.2) is 46.2 Å². The van der Waals surface area contributed by atoms with Crippen LogP contribution in [0.3, 0.4) is 0 Å². The maximum absolute atomic E-state index is 13.0. The first-order chi connectivity index (χ1) is 16.1. The van der Waals surface area contributed by atoms with Crippen LogP contribution in [0.2, 0.25) is 0 Å². The van der Waals surface area contributed by atoms with Gasteiger partial charge < -0.3 is 13.9 Å². The lowest BCUT2D eigenvalue weighted by atomic mass is 9.84. The fraction of sp³-hybridized carbons (Fsp3) is 0.480. The predicted molar refractivity (Wildman–Crippen MR) is 126 cm³/mol. The number of thioether (sulfide) groups is 1. The Hall–Kier alpha value is -2.74. The molecule has 4 unspecified atom stereocenters. The zero-order valence-electron chi connectivity index (χ0n) is 19.2. The molecule has 3 aromatic rings. The van der Waals surface area contributed by atoms with E-state index < -0.39 is 0 Å². The zero-order chi connectivity index (χ0) is 22.9. The van der Waals surface area contributed by atoms with Crippen LogP contribution in [0.4, 0.5) is 0 Å². The number of furan rings is 1. The second-order valence-corrected chi connectivity index (χ2v) is 9.96. The molecule has 33 heavy (non-hydrogen) atoms. The Morgan fingerprint density at radius 3 is 2.70 bits per heavy atom. The van der Waals surface area contributed by atoms with Gasteiger partial charge in [0.05, 0.1) is 26.2 Å². The molecule has 2 saturated carbocycles. The molecule has 4 atom stereocenters. The average Bonchev–Trinajstić information content (AvgIpc) is 3.65. The van der Waals surface area contributed by atoms with Gasteiger partial charge in [-0.2, -0.15) is 0 Å². The van der Waals surface area contributed by atoms with Crippen molar-refractivity contribution < 1.29 is 18.7 Å². The second-order valence-electron chi connectivity index (χ2n) is 9.01. The molecular formula is C25H29N3O4S. The van der Waals surface area contributed by atoms with E-state index in [-0.39, 0.29) is 17.6 Å². The van der Waals surface area contributed by atoms with E-state index in [1.807, 2.05) is 12.1 Å². The summed E-state index contributed by atoms with van der Waals surface area (Å²) in [4.78, 5) is 13.0.